The third-order valence-corrected chi connectivity index (χ3v) is 7.42. The van der Waals surface area contributed by atoms with Crippen LogP contribution in [0.15, 0.2) is 88.6 Å². The van der Waals surface area contributed by atoms with Gasteiger partial charge in [0.1, 0.15) is 11.9 Å². The average molecular weight is 572 g/mol. The van der Waals surface area contributed by atoms with Crippen molar-refractivity contribution in [2.45, 2.75) is 25.7 Å². The highest BCUT2D eigenvalue weighted by atomic mass is 79.9. The summed E-state index contributed by atoms with van der Waals surface area (Å²) in [4.78, 5) is 30.6. The monoisotopic (exact) mass is 571 g/mol. The predicted octanol–water partition coefficient (Wildman–Crippen LogP) is 4.47. The molecule has 3 aromatic carbocycles. The zero-order valence-corrected chi connectivity index (χ0v) is 22.1. The van der Waals surface area contributed by atoms with Crippen molar-refractivity contribution in [2.24, 2.45) is 4.99 Å². The number of fused-ring (bicyclic) bond motifs is 1. The van der Waals surface area contributed by atoms with Gasteiger partial charge in [-0.05, 0) is 73.0 Å². The smallest absolute Gasteiger partial charge is 0.270 e. The predicted molar refractivity (Wildman–Crippen MR) is 144 cm³/mol. The third-order valence-electron chi connectivity index (χ3n) is 6.89. The Labute approximate surface area is 226 Å². The van der Waals surface area contributed by atoms with Crippen LogP contribution in [0.1, 0.15) is 24.3 Å². The van der Waals surface area contributed by atoms with E-state index in [4.69, 9.17) is 4.74 Å². The van der Waals surface area contributed by atoms with Gasteiger partial charge in [0.05, 0.1) is 5.36 Å². The summed E-state index contributed by atoms with van der Waals surface area (Å²) in [6.07, 6.45) is 4.87. The molecule has 0 N–H and O–H groups in total. The first-order chi connectivity index (χ1) is 18.4. The topological polar surface area (TPSA) is 63.9 Å². The number of hydrogen-bond acceptors (Lipinski definition) is 3. The molecule has 8 heteroatoms. The second-order valence-electron chi connectivity index (χ2n) is 9.42. The maximum Gasteiger partial charge on any atom is 0.270 e. The Balaban J connectivity index is 1.36. The lowest BCUT2D eigenvalue weighted by Gasteiger charge is -2.24. The number of hydrogen-bond donors (Lipinski definition) is 0. The highest BCUT2D eigenvalue weighted by Crippen LogP contribution is 2.38. The summed E-state index contributed by atoms with van der Waals surface area (Å²) in [5.41, 5.74) is 4.46. The summed E-state index contributed by atoms with van der Waals surface area (Å²) in [6, 6.07) is 19.9. The summed E-state index contributed by atoms with van der Waals surface area (Å²) in [5, 5.41) is 1.47. The van der Waals surface area contributed by atoms with Crippen molar-refractivity contribution in [2.75, 3.05) is 6.54 Å². The number of benzene rings is 3. The van der Waals surface area contributed by atoms with E-state index in [0.717, 1.165) is 37.6 Å². The molecule has 3 heterocycles. The van der Waals surface area contributed by atoms with Crippen LogP contribution in [-0.2, 0) is 20.7 Å². The first kappa shape index (κ1) is 24.5. The molecule has 1 saturated heterocycles. The Morgan fingerprint density at radius 1 is 1.00 bits per heavy atom. The zero-order chi connectivity index (χ0) is 26.4. The number of aromatic nitrogens is 1. The number of carbonyl (C=O) groups excluding carboxylic acids is 2. The number of halogens is 2. The van der Waals surface area contributed by atoms with E-state index in [0.29, 0.717) is 18.3 Å². The maximum atomic E-state index is 13.7. The van der Waals surface area contributed by atoms with E-state index in [1.54, 1.807) is 24.0 Å². The first-order valence-corrected chi connectivity index (χ1v) is 13.1. The summed E-state index contributed by atoms with van der Waals surface area (Å²) < 4.78 is 22.9. The van der Waals surface area contributed by atoms with Gasteiger partial charge in [-0.15, -0.1) is 0 Å². The Morgan fingerprint density at radius 2 is 1.76 bits per heavy atom. The normalized spacial score (nSPS) is 18.4. The third kappa shape index (κ3) is 4.61. The minimum Gasteiger partial charge on any atom is -0.341 e. The molecule has 38 heavy (non-hydrogen) atoms. The van der Waals surface area contributed by atoms with Crippen LogP contribution in [0.4, 0.5) is 4.39 Å². The molecule has 2 atom stereocenters. The van der Waals surface area contributed by atoms with Crippen molar-refractivity contribution in [1.29, 1.82) is 0 Å². The van der Waals surface area contributed by atoms with Gasteiger partial charge in [0.25, 0.3) is 11.8 Å². The van der Waals surface area contributed by atoms with Crippen LogP contribution in [-0.4, -0.2) is 33.9 Å². The molecule has 1 aromatic heterocycles. The van der Waals surface area contributed by atoms with E-state index in [2.05, 4.69) is 20.9 Å². The summed E-state index contributed by atoms with van der Waals surface area (Å²) in [5.74, 6) is -0.654. The van der Waals surface area contributed by atoms with Crippen molar-refractivity contribution in [3.63, 3.8) is 0 Å². The Kier molecular flexibility index (Phi) is 6.29. The van der Waals surface area contributed by atoms with Crippen molar-refractivity contribution < 1.29 is 18.7 Å². The zero-order valence-electron chi connectivity index (χ0n) is 20.5. The van der Waals surface area contributed by atoms with Gasteiger partial charge < -0.3 is 14.2 Å². The Bertz CT molecular complexity index is 1680. The molecule has 1 fully saturated rings. The fourth-order valence-corrected chi connectivity index (χ4v) is 5.22. The summed E-state index contributed by atoms with van der Waals surface area (Å²) in [6.45, 7) is 2.19. The van der Waals surface area contributed by atoms with Crippen LogP contribution in [0.25, 0.3) is 22.9 Å². The molecule has 2 amide bonds. The van der Waals surface area contributed by atoms with E-state index in [1.807, 2.05) is 59.4 Å². The molecule has 0 radical (unpaired) electrons. The number of carbonyl (C=O) groups is 2. The van der Waals surface area contributed by atoms with Crippen molar-refractivity contribution in [3.05, 3.63) is 111 Å². The molecule has 0 bridgehead atoms. The lowest BCUT2D eigenvalue weighted by atomic mass is 10.0. The molecule has 0 spiro atoms. The number of nitrogens with zero attached hydrogens (tertiary/aromatic N) is 3. The van der Waals surface area contributed by atoms with Crippen LogP contribution >= 0.6 is 15.9 Å². The van der Waals surface area contributed by atoms with Gasteiger partial charge in [-0.25, -0.2) is 9.38 Å². The van der Waals surface area contributed by atoms with Crippen molar-refractivity contribution >= 4 is 33.8 Å². The van der Waals surface area contributed by atoms with E-state index in [1.165, 1.54) is 18.2 Å². The van der Waals surface area contributed by atoms with Crippen molar-refractivity contribution in [3.8, 4) is 16.8 Å². The van der Waals surface area contributed by atoms with E-state index >= 15 is 0 Å². The van der Waals surface area contributed by atoms with Gasteiger partial charge in [0.2, 0.25) is 0 Å². The van der Waals surface area contributed by atoms with Crippen LogP contribution in [0.3, 0.4) is 0 Å². The van der Waals surface area contributed by atoms with Crippen molar-refractivity contribution in [1.82, 2.24) is 9.47 Å². The first-order valence-electron chi connectivity index (χ1n) is 12.3. The molecule has 0 saturated carbocycles. The summed E-state index contributed by atoms with van der Waals surface area (Å²) in [7, 11) is 0. The average Bonchev–Trinajstić information content (AvgIpc) is 3.58. The minimum absolute atomic E-state index is 0.0886. The largest absolute Gasteiger partial charge is 0.341 e. The standard InChI is InChI=1S/C30H23BrFN3O3/c1-18-29(37)35(13-12-19-2-11-27-21(14-19)15-28(36)33-27)30(38-18)26-17-34(24-9-5-22(31)6-10-24)16-25(26)20-3-7-23(32)8-4-20/h2-11,14-18,30H,12-13H2,1H3/t18-,30+/m0/s1. The van der Waals surface area contributed by atoms with Gasteiger partial charge in [-0.3, -0.25) is 9.59 Å². The van der Waals surface area contributed by atoms with Gasteiger partial charge in [0.15, 0.2) is 6.23 Å². The number of rotatable bonds is 6. The SMILES string of the molecule is C[C@@H]1O[C@H](c2cn(-c3ccc(Br)cc3)cc2-c2ccc(F)cc2)N(CCc2ccc3c(c2)=CC(=O)N=3)C1=O. The van der Waals surface area contributed by atoms with Crippen LogP contribution in [0.2, 0.25) is 0 Å². The molecule has 0 aliphatic carbocycles. The minimum atomic E-state index is -0.605. The molecule has 2 aliphatic heterocycles. The number of ether oxygens (including phenoxy) is 1. The second kappa shape index (κ2) is 9.78. The maximum absolute atomic E-state index is 13.7. The number of amides is 2. The van der Waals surface area contributed by atoms with Crippen LogP contribution in [0, 0.1) is 5.82 Å². The van der Waals surface area contributed by atoms with E-state index in [9.17, 15) is 14.0 Å². The van der Waals surface area contributed by atoms with Gasteiger partial charge in [0, 0.05) is 51.5 Å². The van der Waals surface area contributed by atoms with Gasteiger partial charge in [-0.1, -0.05) is 34.1 Å². The molecule has 0 unspecified atom stereocenters. The highest BCUT2D eigenvalue weighted by Gasteiger charge is 2.40. The lowest BCUT2D eigenvalue weighted by molar-refractivity contribution is -0.130. The van der Waals surface area contributed by atoms with E-state index in [-0.39, 0.29) is 17.6 Å². The molecule has 6 nitrogen and oxygen atoms in total. The molecule has 6 rings (SSSR count). The Hall–Kier alpha value is -3.88. The Morgan fingerprint density at radius 3 is 2.53 bits per heavy atom. The second-order valence-corrected chi connectivity index (χ2v) is 10.3. The molecule has 2 aliphatic rings. The molecule has 190 valence electrons. The lowest BCUT2D eigenvalue weighted by Crippen LogP contribution is -2.32. The molecular formula is C30H23BrFN3O3. The highest BCUT2D eigenvalue weighted by molar-refractivity contribution is 9.10. The van der Waals surface area contributed by atoms with Gasteiger partial charge >= 0.3 is 0 Å². The fourth-order valence-electron chi connectivity index (χ4n) is 4.95. The van der Waals surface area contributed by atoms with Gasteiger partial charge in [-0.2, -0.15) is 0 Å². The summed E-state index contributed by atoms with van der Waals surface area (Å²) >= 11 is 3.48. The quantitative estimate of drug-likeness (QED) is 0.343. The fraction of sp³-hybridized carbons (Fsp3) is 0.167. The molecule has 4 aromatic rings. The van der Waals surface area contributed by atoms with E-state index < -0.39 is 12.3 Å². The van der Waals surface area contributed by atoms with Crippen LogP contribution < -0.4 is 10.6 Å². The molecular weight excluding hydrogens is 549 g/mol. The van der Waals surface area contributed by atoms with Crippen LogP contribution in [0.5, 0.6) is 0 Å².